The van der Waals surface area contributed by atoms with Gasteiger partial charge in [-0.05, 0) is 64.8 Å². The molecule has 0 fully saturated rings. The van der Waals surface area contributed by atoms with E-state index in [4.69, 9.17) is 5.73 Å². The van der Waals surface area contributed by atoms with E-state index in [0.29, 0.717) is 15.8 Å². The minimum Gasteiger partial charge on any atom is -0.398 e. The van der Waals surface area contributed by atoms with E-state index in [-0.39, 0.29) is 5.82 Å². The van der Waals surface area contributed by atoms with Crippen LogP contribution < -0.4 is 11.1 Å². The Hall–Kier alpha value is -2.14. The molecule has 0 aliphatic carbocycles. The van der Waals surface area contributed by atoms with Crippen LogP contribution in [0.3, 0.4) is 0 Å². The van der Waals surface area contributed by atoms with Crippen LogP contribution in [0, 0.1) is 12.7 Å². The van der Waals surface area contributed by atoms with Crippen LogP contribution in [0.4, 0.5) is 21.5 Å². The molecule has 0 radical (unpaired) electrons. The number of anilines is 3. The van der Waals surface area contributed by atoms with Gasteiger partial charge in [0.25, 0.3) is 0 Å². The molecule has 0 aliphatic heterocycles. The summed E-state index contributed by atoms with van der Waals surface area (Å²) in [6.07, 6.45) is 1.71. The maximum absolute atomic E-state index is 13.7. The second kappa shape index (κ2) is 5.33. The second-order valence-electron chi connectivity index (χ2n) is 4.81. The fourth-order valence-electron chi connectivity index (χ4n) is 2.22. The Bertz CT molecular complexity index is 833. The lowest BCUT2D eigenvalue weighted by molar-refractivity contribution is 0.621. The summed E-state index contributed by atoms with van der Waals surface area (Å²) in [5, 5.41) is 4.10. The third-order valence-corrected chi connectivity index (χ3v) is 3.95. The molecule has 1 heterocycles. The number of nitrogens with zero attached hydrogens (tertiary/aromatic N) is 1. The summed E-state index contributed by atoms with van der Waals surface area (Å²) in [5.41, 5.74) is 9.82. The topological polar surface area (TPSA) is 50.9 Å². The average molecular weight is 346 g/mol. The van der Waals surface area contributed by atoms with E-state index in [2.05, 4.69) is 26.2 Å². The number of nitrogens with one attached hydrogen (secondary N) is 1. The van der Waals surface area contributed by atoms with Gasteiger partial charge in [0.1, 0.15) is 5.82 Å². The van der Waals surface area contributed by atoms with Gasteiger partial charge >= 0.3 is 0 Å². The van der Waals surface area contributed by atoms with Gasteiger partial charge in [0.05, 0.1) is 15.7 Å². The van der Waals surface area contributed by atoms with Crippen molar-refractivity contribution in [2.24, 2.45) is 0 Å². The molecule has 5 heteroatoms. The Balaban J connectivity index is 2.11. The molecule has 0 saturated heterocycles. The van der Waals surface area contributed by atoms with Gasteiger partial charge in [0.2, 0.25) is 0 Å². The smallest absolute Gasteiger partial charge is 0.139 e. The number of fused-ring (bicyclic) bond motifs is 1. The molecule has 0 atom stereocenters. The van der Waals surface area contributed by atoms with Crippen LogP contribution in [0.5, 0.6) is 0 Å². The lowest BCUT2D eigenvalue weighted by Gasteiger charge is -2.13. The summed E-state index contributed by atoms with van der Waals surface area (Å²) in [5.74, 6) is -0.309. The van der Waals surface area contributed by atoms with Crippen LogP contribution >= 0.6 is 15.9 Å². The van der Waals surface area contributed by atoms with Gasteiger partial charge in [0, 0.05) is 23.0 Å². The normalized spacial score (nSPS) is 10.8. The molecule has 0 amide bonds. The predicted molar refractivity (Wildman–Crippen MR) is 88.3 cm³/mol. The van der Waals surface area contributed by atoms with E-state index in [9.17, 15) is 4.39 Å². The molecule has 21 heavy (non-hydrogen) atoms. The van der Waals surface area contributed by atoms with Gasteiger partial charge in [0.15, 0.2) is 0 Å². The minimum absolute atomic E-state index is 0.309. The summed E-state index contributed by atoms with van der Waals surface area (Å²) < 4.78 is 14.2. The Morgan fingerprint density at radius 1 is 1.19 bits per heavy atom. The SMILES string of the molecule is Cc1cc(Br)c(F)cc1Nc1ccc(N)c2cccnc12. The lowest BCUT2D eigenvalue weighted by atomic mass is 10.1. The van der Waals surface area contributed by atoms with Crippen molar-refractivity contribution < 1.29 is 4.39 Å². The number of nitrogen functional groups attached to an aromatic ring is 1. The lowest BCUT2D eigenvalue weighted by Crippen LogP contribution is -1.98. The van der Waals surface area contributed by atoms with E-state index < -0.39 is 0 Å². The van der Waals surface area contributed by atoms with Crippen LogP contribution in [-0.4, -0.2) is 4.98 Å². The summed E-state index contributed by atoms with van der Waals surface area (Å²) in [4.78, 5) is 4.36. The van der Waals surface area contributed by atoms with E-state index in [1.165, 1.54) is 6.07 Å². The molecule has 0 saturated carbocycles. The van der Waals surface area contributed by atoms with Crippen molar-refractivity contribution in [3.05, 3.63) is 58.4 Å². The predicted octanol–water partition coefficient (Wildman–Crippen LogP) is 4.77. The molecule has 0 aliphatic rings. The fraction of sp³-hybridized carbons (Fsp3) is 0.0625. The minimum atomic E-state index is -0.309. The summed E-state index contributed by atoms with van der Waals surface area (Å²) >= 11 is 3.18. The van der Waals surface area contributed by atoms with Gasteiger partial charge in [-0.2, -0.15) is 0 Å². The number of hydrogen-bond acceptors (Lipinski definition) is 3. The quantitative estimate of drug-likeness (QED) is 0.657. The first-order valence-electron chi connectivity index (χ1n) is 6.42. The molecular weight excluding hydrogens is 333 g/mol. The molecule has 106 valence electrons. The van der Waals surface area contributed by atoms with Crippen molar-refractivity contribution >= 4 is 43.9 Å². The largest absolute Gasteiger partial charge is 0.398 e. The second-order valence-corrected chi connectivity index (χ2v) is 5.66. The van der Waals surface area contributed by atoms with Gasteiger partial charge in [-0.25, -0.2) is 4.39 Å². The van der Waals surface area contributed by atoms with E-state index in [0.717, 1.165) is 22.2 Å². The Morgan fingerprint density at radius 3 is 2.81 bits per heavy atom. The first-order chi connectivity index (χ1) is 10.1. The molecule has 3 N–H and O–H groups in total. The van der Waals surface area contributed by atoms with E-state index in [1.54, 1.807) is 12.3 Å². The summed E-state index contributed by atoms with van der Waals surface area (Å²) in [6, 6.07) is 10.6. The highest BCUT2D eigenvalue weighted by Crippen LogP contribution is 2.31. The number of aromatic nitrogens is 1. The van der Waals surface area contributed by atoms with Crippen LogP contribution in [0.2, 0.25) is 0 Å². The number of benzene rings is 2. The van der Waals surface area contributed by atoms with Crippen molar-refractivity contribution in [1.82, 2.24) is 4.98 Å². The summed E-state index contributed by atoms with van der Waals surface area (Å²) in [7, 11) is 0. The molecule has 3 rings (SSSR count). The van der Waals surface area contributed by atoms with Gasteiger partial charge < -0.3 is 11.1 Å². The number of hydrogen-bond donors (Lipinski definition) is 2. The summed E-state index contributed by atoms with van der Waals surface area (Å²) in [6.45, 7) is 1.92. The highest BCUT2D eigenvalue weighted by Gasteiger charge is 2.09. The molecule has 0 bridgehead atoms. The van der Waals surface area contributed by atoms with Crippen LogP contribution in [0.1, 0.15) is 5.56 Å². The molecule has 0 spiro atoms. The number of halogens is 2. The van der Waals surface area contributed by atoms with Gasteiger partial charge in [-0.3, -0.25) is 4.98 Å². The van der Waals surface area contributed by atoms with Crippen molar-refractivity contribution in [2.75, 3.05) is 11.1 Å². The Labute approximate surface area is 130 Å². The number of nitrogens with two attached hydrogens (primary N) is 1. The highest BCUT2D eigenvalue weighted by atomic mass is 79.9. The molecular formula is C16H13BrFN3. The molecule has 3 nitrogen and oxygen atoms in total. The first-order valence-corrected chi connectivity index (χ1v) is 7.21. The molecule has 1 aromatic heterocycles. The first kappa shape index (κ1) is 13.8. The van der Waals surface area contributed by atoms with Crippen LogP contribution in [-0.2, 0) is 0 Å². The van der Waals surface area contributed by atoms with Crippen LogP contribution in [0.25, 0.3) is 10.9 Å². The highest BCUT2D eigenvalue weighted by molar-refractivity contribution is 9.10. The van der Waals surface area contributed by atoms with Crippen molar-refractivity contribution in [2.45, 2.75) is 6.92 Å². The van der Waals surface area contributed by atoms with Crippen molar-refractivity contribution in [3.63, 3.8) is 0 Å². The number of rotatable bonds is 2. The average Bonchev–Trinajstić information content (AvgIpc) is 2.48. The zero-order valence-corrected chi connectivity index (χ0v) is 12.9. The van der Waals surface area contributed by atoms with Crippen molar-refractivity contribution in [3.8, 4) is 0 Å². The van der Waals surface area contributed by atoms with Gasteiger partial charge in [-0.1, -0.05) is 0 Å². The van der Waals surface area contributed by atoms with Crippen LogP contribution in [0.15, 0.2) is 47.1 Å². The maximum Gasteiger partial charge on any atom is 0.139 e. The van der Waals surface area contributed by atoms with Gasteiger partial charge in [-0.15, -0.1) is 0 Å². The molecule has 3 aromatic rings. The Kier molecular flexibility index (Phi) is 3.51. The Morgan fingerprint density at radius 2 is 2.00 bits per heavy atom. The standard InChI is InChI=1S/C16H13BrFN3/c1-9-7-11(17)12(18)8-15(9)21-14-5-4-13(19)10-3-2-6-20-16(10)14/h2-8,21H,19H2,1H3. The monoisotopic (exact) mass is 345 g/mol. The third-order valence-electron chi connectivity index (χ3n) is 3.34. The third kappa shape index (κ3) is 2.56. The van der Waals surface area contributed by atoms with E-state index in [1.807, 2.05) is 31.2 Å². The number of aryl methyl sites for hydroxylation is 1. The maximum atomic E-state index is 13.7. The number of pyridine rings is 1. The zero-order valence-electron chi connectivity index (χ0n) is 11.3. The fourth-order valence-corrected chi connectivity index (χ4v) is 2.68. The van der Waals surface area contributed by atoms with E-state index >= 15 is 0 Å². The zero-order chi connectivity index (χ0) is 15.0. The molecule has 0 unspecified atom stereocenters. The molecule has 2 aromatic carbocycles. The van der Waals surface area contributed by atoms with Crippen molar-refractivity contribution in [1.29, 1.82) is 0 Å².